The fourth-order valence-corrected chi connectivity index (χ4v) is 3.79. The molecule has 1 aliphatic heterocycles. The summed E-state index contributed by atoms with van der Waals surface area (Å²) >= 11 is 0. The van der Waals surface area contributed by atoms with Gasteiger partial charge in [-0.3, -0.25) is 4.99 Å². The Morgan fingerprint density at radius 1 is 1.36 bits per heavy atom. The van der Waals surface area contributed by atoms with Crippen LogP contribution in [-0.2, 0) is 9.84 Å². The van der Waals surface area contributed by atoms with E-state index in [1.165, 1.54) is 11.9 Å². The Morgan fingerprint density at radius 3 is 2.72 bits per heavy atom. The van der Waals surface area contributed by atoms with Crippen molar-refractivity contribution < 1.29 is 8.42 Å². The molecule has 1 aromatic carbocycles. The zero-order chi connectivity index (χ0) is 18.3. The zero-order valence-corrected chi connectivity index (χ0v) is 16.2. The molecule has 2 atom stereocenters. The van der Waals surface area contributed by atoms with Crippen molar-refractivity contribution in [3.05, 3.63) is 30.3 Å². The van der Waals surface area contributed by atoms with E-state index in [1.807, 2.05) is 13.0 Å². The van der Waals surface area contributed by atoms with Gasteiger partial charge in [0.1, 0.15) is 9.84 Å². The molecule has 0 aliphatic carbocycles. The van der Waals surface area contributed by atoms with Gasteiger partial charge in [0.05, 0.1) is 5.75 Å². The van der Waals surface area contributed by atoms with Crippen molar-refractivity contribution in [1.82, 2.24) is 10.6 Å². The lowest BCUT2D eigenvalue weighted by atomic mass is 10.1. The summed E-state index contributed by atoms with van der Waals surface area (Å²) in [5, 5.41) is 6.64. The van der Waals surface area contributed by atoms with Crippen LogP contribution in [0.5, 0.6) is 0 Å². The van der Waals surface area contributed by atoms with Gasteiger partial charge in [0.2, 0.25) is 0 Å². The van der Waals surface area contributed by atoms with Crippen LogP contribution in [0.4, 0.5) is 5.69 Å². The van der Waals surface area contributed by atoms with Gasteiger partial charge < -0.3 is 15.5 Å². The maximum atomic E-state index is 11.3. The Kier molecular flexibility index (Phi) is 7.11. The van der Waals surface area contributed by atoms with E-state index < -0.39 is 9.84 Å². The molecular formula is C18H30N4O2S. The molecular weight excluding hydrogens is 336 g/mol. The standard InChI is InChI=1S/C18H30N4O2S/c1-15(10-12-25(3,23)24)21-18(19-2)20-13-16-9-11-22(14-16)17-7-5-4-6-8-17/h4-8,15-16H,9-14H2,1-3H3,(H2,19,20,21). The Morgan fingerprint density at radius 2 is 2.08 bits per heavy atom. The quantitative estimate of drug-likeness (QED) is 0.565. The topological polar surface area (TPSA) is 73.8 Å². The number of aliphatic imine (C=N–C) groups is 1. The van der Waals surface area contributed by atoms with Crippen molar-refractivity contribution in [2.45, 2.75) is 25.8 Å². The molecule has 25 heavy (non-hydrogen) atoms. The van der Waals surface area contributed by atoms with Crippen molar-refractivity contribution in [1.29, 1.82) is 0 Å². The Balaban J connectivity index is 1.74. The van der Waals surface area contributed by atoms with Gasteiger partial charge in [0.25, 0.3) is 0 Å². The van der Waals surface area contributed by atoms with Gasteiger partial charge in [0, 0.05) is 44.7 Å². The summed E-state index contributed by atoms with van der Waals surface area (Å²) < 4.78 is 22.5. The van der Waals surface area contributed by atoms with E-state index in [2.05, 4.69) is 44.8 Å². The SMILES string of the molecule is CN=C(NCC1CCN(c2ccccc2)C1)NC(C)CCS(C)(=O)=O. The highest BCUT2D eigenvalue weighted by Gasteiger charge is 2.22. The van der Waals surface area contributed by atoms with Crippen molar-refractivity contribution >= 4 is 21.5 Å². The van der Waals surface area contributed by atoms with Gasteiger partial charge in [-0.25, -0.2) is 8.42 Å². The van der Waals surface area contributed by atoms with Crippen molar-refractivity contribution in [3.8, 4) is 0 Å². The van der Waals surface area contributed by atoms with E-state index in [9.17, 15) is 8.42 Å². The fraction of sp³-hybridized carbons (Fsp3) is 0.611. The molecule has 1 aliphatic rings. The third kappa shape index (κ3) is 6.94. The molecule has 0 aromatic heterocycles. The molecule has 1 heterocycles. The lowest BCUT2D eigenvalue weighted by Gasteiger charge is -2.21. The molecule has 0 bridgehead atoms. The number of anilines is 1. The summed E-state index contributed by atoms with van der Waals surface area (Å²) in [7, 11) is -1.19. The second-order valence-electron chi connectivity index (χ2n) is 6.85. The van der Waals surface area contributed by atoms with Crippen LogP contribution in [0.15, 0.2) is 35.3 Å². The number of para-hydroxylation sites is 1. The van der Waals surface area contributed by atoms with Crippen LogP contribution >= 0.6 is 0 Å². The molecule has 6 nitrogen and oxygen atoms in total. The number of hydrogen-bond acceptors (Lipinski definition) is 4. The first-order chi connectivity index (χ1) is 11.9. The third-order valence-electron chi connectivity index (χ3n) is 4.49. The van der Waals surface area contributed by atoms with Crippen LogP contribution in [0, 0.1) is 5.92 Å². The lowest BCUT2D eigenvalue weighted by molar-refractivity contribution is 0.551. The first-order valence-corrected chi connectivity index (χ1v) is 10.9. The van der Waals surface area contributed by atoms with Crippen molar-refractivity contribution in [3.63, 3.8) is 0 Å². The van der Waals surface area contributed by atoms with Crippen LogP contribution in [0.2, 0.25) is 0 Å². The predicted molar refractivity (Wildman–Crippen MR) is 105 cm³/mol. The van der Waals surface area contributed by atoms with Gasteiger partial charge in [-0.2, -0.15) is 0 Å². The summed E-state index contributed by atoms with van der Waals surface area (Å²) in [6.45, 7) is 4.96. The molecule has 0 radical (unpaired) electrons. The second-order valence-corrected chi connectivity index (χ2v) is 9.11. The molecule has 1 aromatic rings. The maximum Gasteiger partial charge on any atom is 0.191 e. The summed E-state index contributed by atoms with van der Waals surface area (Å²) in [6.07, 6.45) is 3.00. The average molecular weight is 367 g/mol. The number of benzene rings is 1. The minimum Gasteiger partial charge on any atom is -0.371 e. The van der Waals surface area contributed by atoms with Gasteiger partial charge in [-0.05, 0) is 37.8 Å². The zero-order valence-electron chi connectivity index (χ0n) is 15.4. The minimum atomic E-state index is -2.93. The average Bonchev–Trinajstić information content (AvgIpc) is 3.06. The van der Waals surface area contributed by atoms with Gasteiger partial charge in [0.15, 0.2) is 5.96 Å². The van der Waals surface area contributed by atoms with Crippen LogP contribution < -0.4 is 15.5 Å². The molecule has 140 valence electrons. The predicted octanol–water partition coefficient (Wildman–Crippen LogP) is 1.50. The fourth-order valence-electron chi connectivity index (χ4n) is 3.00. The minimum absolute atomic E-state index is 0.0605. The molecule has 0 saturated carbocycles. The summed E-state index contributed by atoms with van der Waals surface area (Å²) in [4.78, 5) is 6.66. The highest BCUT2D eigenvalue weighted by molar-refractivity contribution is 7.90. The Labute approximate surface area is 151 Å². The maximum absolute atomic E-state index is 11.3. The number of nitrogens with zero attached hydrogens (tertiary/aromatic N) is 2. The van der Waals surface area contributed by atoms with Crippen LogP contribution in [-0.4, -0.2) is 59.1 Å². The monoisotopic (exact) mass is 366 g/mol. The lowest BCUT2D eigenvalue weighted by Crippen LogP contribution is -2.44. The summed E-state index contributed by atoms with van der Waals surface area (Å²) in [5.41, 5.74) is 1.28. The summed E-state index contributed by atoms with van der Waals surface area (Å²) in [5.74, 6) is 1.50. The molecule has 1 saturated heterocycles. The number of rotatable bonds is 7. The van der Waals surface area contributed by atoms with E-state index >= 15 is 0 Å². The molecule has 0 amide bonds. The molecule has 2 N–H and O–H groups in total. The van der Waals surface area contributed by atoms with Gasteiger partial charge >= 0.3 is 0 Å². The van der Waals surface area contributed by atoms with Crippen molar-refractivity contribution in [2.24, 2.45) is 10.9 Å². The number of hydrogen-bond donors (Lipinski definition) is 2. The number of sulfone groups is 1. The van der Waals surface area contributed by atoms with Crippen LogP contribution in [0.3, 0.4) is 0 Å². The summed E-state index contributed by atoms with van der Waals surface area (Å²) in [6, 6.07) is 10.6. The molecule has 2 rings (SSSR count). The van der Waals surface area contributed by atoms with E-state index in [4.69, 9.17) is 0 Å². The highest BCUT2D eigenvalue weighted by Crippen LogP contribution is 2.22. The van der Waals surface area contributed by atoms with E-state index in [-0.39, 0.29) is 11.8 Å². The molecule has 2 unspecified atom stereocenters. The van der Waals surface area contributed by atoms with Crippen molar-refractivity contribution in [2.75, 3.05) is 43.6 Å². The van der Waals surface area contributed by atoms with Gasteiger partial charge in [-0.15, -0.1) is 0 Å². The first kappa shape index (κ1) is 19.6. The number of guanidine groups is 1. The van der Waals surface area contributed by atoms with E-state index in [0.717, 1.165) is 32.0 Å². The molecule has 7 heteroatoms. The smallest absolute Gasteiger partial charge is 0.191 e. The molecule has 0 spiro atoms. The Bertz CT molecular complexity index is 661. The van der Waals surface area contributed by atoms with E-state index in [0.29, 0.717) is 12.3 Å². The highest BCUT2D eigenvalue weighted by atomic mass is 32.2. The largest absolute Gasteiger partial charge is 0.371 e. The third-order valence-corrected chi connectivity index (χ3v) is 5.47. The number of nitrogens with one attached hydrogen (secondary N) is 2. The van der Waals surface area contributed by atoms with E-state index in [1.54, 1.807) is 7.05 Å². The van der Waals surface area contributed by atoms with Gasteiger partial charge in [-0.1, -0.05) is 18.2 Å². The second kappa shape index (κ2) is 9.08. The van der Waals surface area contributed by atoms with Crippen LogP contribution in [0.25, 0.3) is 0 Å². The first-order valence-electron chi connectivity index (χ1n) is 8.82. The van der Waals surface area contributed by atoms with Crippen LogP contribution in [0.1, 0.15) is 19.8 Å². The Hall–Kier alpha value is -1.76. The normalized spacial score (nSPS) is 19.7. The molecule has 1 fully saturated rings.